The van der Waals surface area contributed by atoms with Crippen molar-refractivity contribution in [3.63, 3.8) is 0 Å². The molecule has 0 spiro atoms. The highest BCUT2D eigenvalue weighted by Crippen LogP contribution is 2.43. The molecule has 2 fully saturated rings. The van der Waals surface area contributed by atoms with Gasteiger partial charge in [0.25, 0.3) is 0 Å². The molecule has 2 aliphatic rings. The lowest BCUT2D eigenvalue weighted by Gasteiger charge is -2.40. The second-order valence-electron chi connectivity index (χ2n) is 6.83. The van der Waals surface area contributed by atoms with Crippen LogP contribution in [0.15, 0.2) is 4.99 Å². The topological polar surface area (TPSA) is 39.7 Å². The first-order valence-corrected chi connectivity index (χ1v) is 8.96. The smallest absolute Gasteiger partial charge is 0.191 e. The summed E-state index contributed by atoms with van der Waals surface area (Å²) in [5.74, 6) is 1.80. The van der Waals surface area contributed by atoms with Gasteiger partial charge in [0.15, 0.2) is 5.96 Å². The van der Waals surface area contributed by atoms with E-state index in [4.69, 9.17) is 4.99 Å². The molecule has 0 bridgehead atoms. The minimum absolute atomic E-state index is 0.509. The van der Waals surface area contributed by atoms with E-state index in [-0.39, 0.29) is 0 Å². The highest BCUT2D eigenvalue weighted by Gasteiger charge is 2.34. The molecule has 1 unspecified atom stereocenters. The summed E-state index contributed by atoms with van der Waals surface area (Å²) in [7, 11) is 0. The summed E-state index contributed by atoms with van der Waals surface area (Å²) in [5.41, 5.74) is 0.509. The number of likely N-dealkylation sites (tertiary alicyclic amines) is 1. The standard InChI is InChI=1S/C17H34N4/c1-4-17(9-7-10-17)14-20-16(18-5-2)19-12-15-8-11-21(6-3)13-15/h15H,4-14H2,1-3H3,(H2,18,19,20). The Morgan fingerprint density at radius 3 is 2.57 bits per heavy atom. The van der Waals surface area contributed by atoms with Crippen LogP contribution in [0.4, 0.5) is 0 Å². The van der Waals surface area contributed by atoms with Crippen molar-refractivity contribution < 1.29 is 0 Å². The van der Waals surface area contributed by atoms with E-state index in [0.717, 1.165) is 31.5 Å². The fraction of sp³-hybridized carbons (Fsp3) is 0.941. The summed E-state index contributed by atoms with van der Waals surface area (Å²) in [5, 5.41) is 6.97. The van der Waals surface area contributed by atoms with Crippen LogP contribution in [0.3, 0.4) is 0 Å². The molecule has 0 aromatic heterocycles. The maximum atomic E-state index is 4.86. The quantitative estimate of drug-likeness (QED) is 0.560. The van der Waals surface area contributed by atoms with Crippen molar-refractivity contribution in [2.24, 2.45) is 16.3 Å². The van der Waals surface area contributed by atoms with Crippen LogP contribution >= 0.6 is 0 Å². The zero-order chi connectivity index (χ0) is 15.1. The predicted octanol–water partition coefficient (Wildman–Crippen LogP) is 2.46. The van der Waals surface area contributed by atoms with Crippen LogP contribution in [0.2, 0.25) is 0 Å². The number of aliphatic imine (C=N–C) groups is 1. The molecule has 122 valence electrons. The Labute approximate surface area is 130 Å². The molecule has 2 N–H and O–H groups in total. The third-order valence-corrected chi connectivity index (χ3v) is 5.46. The van der Waals surface area contributed by atoms with Crippen molar-refractivity contribution in [2.75, 3.05) is 39.3 Å². The largest absolute Gasteiger partial charge is 0.357 e. The Morgan fingerprint density at radius 1 is 1.24 bits per heavy atom. The molecule has 1 atom stereocenters. The van der Waals surface area contributed by atoms with Gasteiger partial charge in [0.2, 0.25) is 0 Å². The fourth-order valence-corrected chi connectivity index (χ4v) is 3.50. The summed E-state index contributed by atoms with van der Waals surface area (Å²) in [6.45, 7) is 13.4. The maximum Gasteiger partial charge on any atom is 0.191 e. The van der Waals surface area contributed by atoms with E-state index >= 15 is 0 Å². The molecule has 1 heterocycles. The van der Waals surface area contributed by atoms with E-state index in [1.54, 1.807) is 0 Å². The summed E-state index contributed by atoms with van der Waals surface area (Å²) in [6.07, 6.45) is 6.70. The molecular weight excluding hydrogens is 260 g/mol. The van der Waals surface area contributed by atoms with Crippen molar-refractivity contribution in [3.05, 3.63) is 0 Å². The maximum absolute atomic E-state index is 4.86. The molecule has 21 heavy (non-hydrogen) atoms. The van der Waals surface area contributed by atoms with Crippen LogP contribution in [-0.2, 0) is 0 Å². The lowest BCUT2D eigenvalue weighted by atomic mass is 9.67. The summed E-state index contributed by atoms with van der Waals surface area (Å²) in [4.78, 5) is 7.40. The van der Waals surface area contributed by atoms with Gasteiger partial charge in [-0.05, 0) is 57.0 Å². The van der Waals surface area contributed by atoms with Crippen molar-refractivity contribution >= 4 is 5.96 Å². The van der Waals surface area contributed by atoms with Gasteiger partial charge in [0, 0.05) is 26.2 Å². The molecule has 1 saturated carbocycles. The van der Waals surface area contributed by atoms with Gasteiger partial charge < -0.3 is 15.5 Å². The van der Waals surface area contributed by atoms with Crippen LogP contribution in [-0.4, -0.2) is 50.1 Å². The number of hydrogen-bond acceptors (Lipinski definition) is 2. The molecule has 1 aliphatic carbocycles. The van der Waals surface area contributed by atoms with Crippen LogP contribution in [0.1, 0.15) is 52.9 Å². The molecule has 4 heteroatoms. The average molecular weight is 294 g/mol. The van der Waals surface area contributed by atoms with Crippen LogP contribution in [0.25, 0.3) is 0 Å². The zero-order valence-electron chi connectivity index (χ0n) is 14.2. The summed E-state index contributed by atoms with van der Waals surface area (Å²) >= 11 is 0. The minimum Gasteiger partial charge on any atom is -0.357 e. The Hall–Kier alpha value is -0.770. The molecule has 4 nitrogen and oxygen atoms in total. The molecule has 1 aliphatic heterocycles. The number of guanidine groups is 1. The highest BCUT2D eigenvalue weighted by molar-refractivity contribution is 5.79. The Kier molecular flexibility index (Phi) is 6.34. The predicted molar refractivity (Wildman–Crippen MR) is 90.8 cm³/mol. The lowest BCUT2D eigenvalue weighted by Crippen LogP contribution is -2.42. The number of rotatable bonds is 7. The monoisotopic (exact) mass is 294 g/mol. The summed E-state index contributed by atoms with van der Waals surface area (Å²) in [6, 6.07) is 0. The van der Waals surface area contributed by atoms with E-state index in [9.17, 15) is 0 Å². The van der Waals surface area contributed by atoms with Crippen LogP contribution in [0.5, 0.6) is 0 Å². The van der Waals surface area contributed by atoms with Crippen molar-refractivity contribution in [3.8, 4) is 0 Å². The van der Waals surface area contributed by atoms with E-state index in [1.165, 1.54) is 51.7 Å². The van der Waals surface area contributed by atoms with Gasteiger partial charge in [0.05, 0.1) is 0 Å². The molecule has 0 amide bonds. The molecule has 0 aromatic carbocycles. The second-order valence-corrected chi connectivity index (χ2v) is 6.83. The lowest BCUT2D eigenvalue weighted by molar-refractivity contribution is 0.139. The Morgan fingerprint density at radius 2 is 2.05 bits per heavy atom. The number of hydrogen-bond donors (Lipinski definition) is 2. The van der Waals surface area contributed by atoms with Gasteiger partial charge in [-0.1, -0.05) is 20.3 Å². The van der Waals surface area contributed by atoms with Gasteiger partial charge in [0.1, 0.15) is 0 Å². The Bertz CT molecular complexity index is 330. The SMILES string of the molecule is CCNC(=NCC1(CC)CCC1)NCC1CCN(CC)C1. The molecule has 0 radical (unpaired) electrons. The van der Waals surface area contributed by atoms with Crippen molar-refractivity contribution in [1.82, 2.24) is 15.5 Å². The van der Waals surface area contributed by atoms with Crippen LogP contribution in [0, 0.1) is 11.3 Å². The first kappa shape index (κ1) is 16.6. The molecule has 0 aromatic rings. The molecule has 2 rings (SSSR count). The van der Waals surface area contributed by atoms with E-state index < -0.39 is 0 Å². The number of nitrogens with one attached hydrogen (secondary N) is 2. The van der Waals surface area contributed by atoms with Gasteiger partial charge in [-0.3, -0.25) is 4.99 Å². The van der Waals surface area contributed by atoms with Crippen molar-refractivity contribution in [2.45, 2.75) is 52.9 Å². The first-order chi connectivity index (χ1) is 10.2. The van der Waals surface area contributed by atoms with E-state index in [1.807, 2.05) is 0 Å². The Balaban J connectivity index is 1.78. The third kappa shape index (κ3) is 4.60. The summed E-state index contributed by atoms with van der Waals surface area (Å²) < 4.78 is 0. The van der Waals surface area contributed by atoms with Gasteiger partial charge in [-0.2, -0.15) is 0 Å². The fourth-order valence-electron chi connectivity index (χ4n) is 3.50. The molecule has 1 saturated heterocycles. The highest BCUT2D eigenvalue weighted by atomic mass is 15.2. The third-order valence-electron chi connectivity index (χ3n) is 5.46. The first-order valence-electron chi connectivity index (χ1n) is 8.96. The van der Waals surface area contributed by atoms with Crippen LogP contribution < -0.4 is 10.6 Å². The van der Waals surface area contributed by atoms with Gasteiger partial charge in [-0.25, -0.2) is 0 Å². The average Bonchev–Trinajstić information content (AvgIpc) is 2.92. The molecular formula is C17H34N4. The van der Waals surface area contributed by atoms with Crippen molar-refractivity contribution in [1.29, 1.82) is 0 Å². The zero-order valence-corrected chi connectivity index (χ0v) is 14.2. The normalized spacial score (nSPS) is 25.7. The van der Waals surface area contributed by atoms with E-state index in [2.05, 4.69) is 36.3 Å². The van der Waals surface area contributed by atoms with Gasteiger partial charge >= 0.3 is 0 Å². The number of nitrogens with zero attached hydrogens (tertiary/aromatic N) is 2. The van der Waals surface area contributed by atoms with Gasteiger partial charge in [-0.15, -0.1) is 0 Å². The minimum atomic E-state index is 0.509. The van der Waals surface area contributed by atoms with E-state index in [0.29, 0.717) is 5.41 Å². The second kappa shape index (κ2) is 8.02.